The Morgan fingerprint density at radius 1 is 1.33 bits per heavy atom. The minimum absolute atomic E-state index is 0.208. The first kappa shape index (κ1) is 17.4. The van der Waals surface area contributed by atoms with Crippen molar-refractivity contribution in [2.45, 2.75) is 25.7 Å². The van der Waals surface area contributed by atoms with Gasteiger partial charge < -0.3 is 4.74 Å². The number of carbonyl (C=O) groups excluding carboxylic acids is 1. The first-order valence-corrected chi connectivity index (χ1v) is 8.03. The number of carbonyl (C=O) groups is 1. The Bertz CT molecular complexity index is 597. The third-order valence-corrected chi connectivity index (χ3v) is 5.06. The number of ether oxygens (including phenoxy) is 1. The summed E-state index contributed by atoms with van der Waals surface area (Å²) in [5.41, 5.74) is 2.59. The van der Waals surface area contributed by atoms with E-state index in [0.29, 0.717) is 24.4 Å². The van der Waals surface area contributed by atoms with Crippen LogP contribution in [0.3, 0.4) is 0 Å². The van der Waals surface area contributed by atoms with Crippen molar-refractivity contribution in [3.8, 4) is 5.75 Å². The van der Waals surface area contributed by atoms with Crippen molar-refractivity contribution >= 4 is 15.9 Å². The first-order chi connectivity index (χ1) is 9.86. The first-order valence-electron chi connectivity index (χ1n) is 6.59. The van der Waals surface area contributed by atoms with Crippen LogP contribution in [0.2, 0.25) is 0 Å². The summed E-state index contributed by atoms with van der Waals surface area (Å²) >= 11 is 0. The largest absolute Gasteiger partial charge is 0.483 e. The van der Waals surface area contributed by atoms with E-state index in [-0.39, 0.29) is 11.5 Å². The number of amides is 1. The Morgan fingerprint density at radius 2 is 1.95 bits per heavy atom. The highest BCUT2D eigenvalue weighted by molar-refractivity contribution is 7.89. The highest BCUT2D eigenvalue weighted by atomic mass is 32.2. The average molecular weight is 315 g/mol. The number of hydrogen-bond donors (Lipinski definition) is 2. The summed E-state index contributed by atoms with van der Waals surface area (Å²) in [6.45, 7) is 5.89. The van der Waals surface area contributed by atoms with Crippen molar-refractivity contribution in [2.24, 2.45) is 5.84 Å². The molecule has 0 atom stereocenters. The molecule has 21 heavy (non-hydrogen) atoms. The highest BCUT2D eigenvalue weighted by Crippen LogP contribution is 2.23. The molecule has 0 saturated carbocycles. The lowest BCUT2D eigenvalue weighted by Gasteiger charge is -2.19. The molecule has 8 heteroatoms. The van der Waals surface area contributed by atoms with Gasteiger partial charge in [-0.05, 0) is 30.7 Å². The fourth-order valence-electron chi connectivity index (χ4n) is 1.84. The van der Waals surface area contributed by atoms with Gasteiger partial charge in [-0.1, -0.05) is 13.8 Å². The Labute approximate surface area is 125 Å². The third kappa shape index (κ3) is 4.16. The summed E-state index contributed by atoms with van der Waals surface area (Å²) in [5, 5.41) is 0. The smallest absolute Gasteiger partial charge is 0.271 e. The normalized spacial score (nSPS) is 11.5. The van der Waals surface area contributed by atoms with Crippen LogP contribution in [0.5, 0.6) is 5.75 Å². The lowest BCUT2D eigenvalue weighted by molar-refractivity contribution is -0.123. The van der Waals surface area contributed by atoms with Crippen LogP contribution >= 0.6 is 0 Å². The molecule has 0 radical (unpaired) electrons. The van der Waals surface area contributed by atoms with E-state index >= 15 is 0 Å². The van der Waals surface area contributed by atoms with Crippen molar-refractivity contribution in [3.05, 3.63) is 23.8 Å². The molecule has 0 aromatic heterocycles. The summed E-state index contributed by atoms with van der Waals surface area (Å²) in [5.74, 6) is 4.93. The van der Waals surface area contributed by atoms with Gasteiger partial charge in [0, 0.05) is 13.1 Å². The van der Waals surface area contributed by atoms with Crippen LogP contribution in [0.25, 0.3) is 0 Å². The quantitative estimate of drug-likeness (QED) is 0.431. The molecule has 7 nitrogen and oxygen atoms in total. The van der Waals surface area contributed by atoms with E-state index in [2.05, 4.69) is 0 Å². The number of nitrogens with one attached hydrogen (secondary N) is 1. The van der Waals surface area contributed by atoms with Crippen LogP contribution in [-0.4, -0.2) is 38.3 Å². The SMILES string of the molecule is CCN(CC)S(=O)(=O)c1ccc(OCC(=O)NN)c(C)c1. The molecule has 0 heterocycles. The monoisotopic (exact) mass is 315 g/mol. The zero-order valence-electron chi connectivity index (χ0n) is 12.4. The lowest BCUT2D eigenvalue weighted by atomic mass is 10.2. The Kier molecular flexibility index (Phi) is 6.13. The van der Waals surface area contributed by atoms with Gasteiger partial charge in [-0.2, -0.15) is 4.31 Å². The molecule has 0 unspecified atom stereocenters. The molecule has 0 saturated heterocycles. The standard InChI is InChI=1S/C13H21N3O4S/c1-4-16(5-2)21(18,19)11-6-7-12(10(3)8-11)20-9-13(17)15-14/h6-8H,4-5,9,14H2,1-3H3,(H,15,17). The minimum Gasteiger partial charge on any atom is -0.483 e. The summed E-state index contributed by atoms with van der Waals surface area (Å²) in [6.07, 6.45) is 0. The molecule has 0 bridgehead atoms. The van der Waals surface area contributed by atoms with Crippen LogP contribution in [0.15, 0.2) is 23.1 Å². The fraction of sp³-hybridized carbons (Fsp3) is 0.462. The number of nitrogens with two attached hydrogens (primary N) is 1. The molecule has 3 N–H and O–H groups in total. The van der Waals surface area contributed by atoms with Crippen LogP contribution in [0.4, 0.5) is 0 Å². The van der Waals surface area contributed by atoms with Gasteiger partial charge in [-0.25, -0.2) is 14.3 Å². The van der Waals surface area contributed by atoms with Gasteiger partial charge in [0.1, 0.15) is 5.75 Å². The van der Waals surface area contributed by atoms with Crippen LogP contribution < -0.4 is 16.0 Å². The predicted octanol–water partition coefficient (Wildman–Crippen LogP) is 0.394. The van der Waals surface area contributed by atoms with Gasteiger partial charge >= 0.3 is 0 Å². The van der Waals surface area contributed by atoms with Crippen molar-refractivity contribution in [3.63, 3.8) is 0 Å². The summed E-state index contributed by atoms with van der Waals surface area (Å²) in [7, 11) is -3.50. The lowest BCUT2D eigenvalue weighted by Crippen LogP contribution is -2.34. The Hall–Kier alpha value is -1.64. The summed E-state index contributed by atoms with van der Waals surface area (Å²) < 4.78 is 31.4. The number of hydrazine groups is 1. The van der Waals surface area contributed by atoms with E-state index in [1.54, 1.807) is 20.8 Å². The van der Waals surface area contributed by atoms with Gasteiger partial charge in [0.25, 0.3) is 5.91 Å². The Balaban J connectivity index is 2.99. The number of sulfonamides is 1. The topological polar surface area (TPSA) is 102 Å². The summed E-state index contributed by atoms with van der Waals surface area (Å²) in [6, 6.07) is 4.54. The number of rotatable bonds is 7. The van der Waals surface area contributed by atoms with E-state index in [1.807, 2.05) is 5.43 Å². The van der Waals surface area contributed by atoms with Crippen molar-refractivity contribution < 1.29 is 17.9 Å². The van der Waals surface area contributed by atoms with Gasteiger partial charge in [-0.3, -0.25) is 10.2 Å². The maximum absolute atomic E-state index is 12.4. The van der Waals surface area contributed by atoms with E-state index in [0.717, 1.165) is 0 Å². The van der Waals surface area contributed by atoms with Crippen LogP contribution in [0.1, 0.15) is 19.4 Å². The van der Waals surface area contributed by atoms with Gasteiger partial charge in [0.15, 0.2) is 6.61 Å². The fourth-order valence-corrected chi connectivity index (χ4v) is 3.39. The molecule has 0 spiro atoms. The number of aryl methyl sites for hydroxylation is 1. The molecular weight excluding hydrogens is 294 g/mol. The second-order valence-corrected chi connectivity index (χ2v) is 6.31. The highest BCUT2D eigenvalue weighted by Gasteiger charge is 2.22. The predicted molar refractivity (Wildman–Crippen MR) is 79.1 cm³/mol. The molecule has 1 rings (SSSR count). The van der Waals surface area contributed by atoms with Crippen molar-refractivity contribution in [2.75, 3.05) is 19.7 Å². The number of hydrogen-bond acceptors (Lipinski definition) is 5. The van der Waals surface area contributed by atoms with Gasteiger partial charge in [0.2, 0.25) is 10.0 Å². The average Bonchev–Trinajstić information content (AvgIpc) is 2.46. The third-order valence-electron chi connectivity index (χ3n) is 3.01. The molecular formula is C13H21N3O4S. The van der Waals surface area contributed by atoms with Gasteiger partial charge in [-0.15, -0.1) is 0 Å². The molecule has 1 aromatic carbocycles. The second-order valence-electron chi connectivity index (χ2n) is 4.37. The minimum atomic E-state index is -3.50. The van der Waals surface area contributed by atoms with Crippen molar-refractivity contribution in [1.82, 2.24) is 9.73 Å². The molecule has 0 aliphatic heterocycles. The maximum atomic E-state index is 12.4. The van der Waals surface area contributed by atoms with E-state index < -0.39 is 15.9 Å². The second kappa shape index (κ2) is 7.39. The molecule has 1 amide bonds. The molecule has 0 fully saturated rings. The zero-order valence-corrected chi connectivity index (χ0v) is 13.2. The van der Waals surface area contributed by atoms with Crippen LogP contribution in [0, 0.1) is 6.92 Å². The van der Waals surface area contributed by atoms with E-state index in [4.69, 9.17) is 10.6 Å². The molecule has 118 valence electrons. The summed E-state index contributed by atoms with van der Waals surface area (Å²) in [4.78, 5) is 11.2. The van der Waals surface area contributed by atoms with Crippen molar-refractivity contribution in [1.29, 1.82) is 0 Å². The van der Waals surface area contributed by atoms with E-state index in [9.17, 15) is 13.2 Å². The van der Waals surface area contributed by atoms with E-state index in [1.165, 1.54) is 22.5 Å². The number of nitrogens with zero attached hydrogens (tertiary/aromatic N) is 1. The van der Waals surface area contributed by atoms with Crippen LogP contribution in [-0.2, 0) is 14.8 Å². The van der Waals surface area contributed by atoms with Gasteiger partial charge in [0.05, 0.1) is 4.90 Å². The zero-order chi connectivity index (χ0) is 16.0. The number of benzene rings is 1. The molecule has 1 aromatic rings. The molecule has 0 aliphatic carbocycles. The Morgan fingerprint density at radius 3 is 2.43 bits per heavy atom. The molecule has 0 aliphatic rings. The maximum Gasteiger partial charge on any atom is 0.271 e.